The summed E-state index contributed by atoms with van der Waals surface area (Å²) in [5, 5.41) is 0. The Morgan fingerprint density at radius 2 is 2.00 bits per heavy atom. The predicted molar refractivity (Wildman–Crippen MR) is 79.3 cm³/mol. The minimum absolute atomic E-state index is 0.0626. The number of nitrogens with two attached hydrogens (primary N) is 1. The molecule has 1 saturated heterocycles. The molecule has 0 aromatic heterocycles. The van der Waals surface area contributed by atoms with Crippen LogP contribution in [-0.2, 0) is 0 Å². The SMILES string of the molecule is COc1cccc(C(N)CN2CC(C)CC(C)C2)c1. The first-order valence-electron chi connectivity index (χ1n) is 7.20. The van der Waals surface area contributed by atoms with Crippen LogP contribution in [0.25, 0.3) is 0 Å². The van der Waals surface area contributed by atoms with Gasteiger partial charge < -0.3 is 15.4 Å². The van der Waals surface area contributed by atoms with Crippen LogP contribution < -0.4 is 10.5 Å². The van der Waals surface area contributed by atoms with Gasteiger partial charge in [0.15, 0.2) is 0 Å². The molecule has 1 fully saturated rings. The number of hydrogen-bond donors (Lipinski definition) is 1. The molecule has 3 heteroatoms. The molecule has 0 radical (unpaired) electrons. The summed E-state index contributed by atoms with van der Waals surface area (Å²) < 4.78 is 5.26. The molecule has 1 aromatic rings. The van der Waals surface area contributed by atoms with Gasteiger partial charge in [0, 0.05) is 25.7 Å². The van der Waals surface area contributed by atoms with Crippen molar-refractivity contribution in [3.8, 4) is 5.75 Å². The lowest BCUT2D eigenvalue weighted by Gasteiger charge is -2.36. The van der Waals surface area contributed by atoms with E-state index in [1.807, 2.05) is 18.2 Å². The quantitative estimate of drug-likeness (QED) is 0.906. The van der Waals surface area contributed by atoms with Crippen LogP contribution in [0.2, 0.25) is 0 Å². The number of ether oxygens (including phenoxy) is 1. The van der Waals surface area contributed by atoms with Gasteiger partial charge in [0.25, 0.3) is 0 Å². The second-order valence-corrected chi connectivity index (χ2v) is 6.05. The van der Waals surface area contributed by atoms with Crippen LogP contribution in [0.3, 0.4) is 0 Å². The number of methoxy groups -OCH3 is 1. The summed E-state index contributed by atoms with van der Waals surface area (Å²) in [6.45, 7) is 7.94. The predicted octanol–water partition coefficient (Wildman–Crippen LogP) is 2.67. The Bertz CT molecular complexity index is 397. The molecule has 3 nitrogen and oxygen atoms in total. The van der Waals surface area contributed by atoms with Gasteiger partial charge in [0.2, 0.25) is 0 Å². The summed E-state index contributed by atoms with van der Waals surface area (Å²) in [7, 11) is 1.69. The van der Waals surface area contributed by atoms with Gasteiger partial charge in [-0.05, 0) is 36.0 Å². The fraction of sp³-hybridized carbons (Fsp3) is 0.625. The summed E-state index contributed by atoms with van der Waals surface area (Å²) in [4.78, 5) is 2.50. The molecule has 0 saturated carbocycles. The molecule has 2 rings (SSSR count). The second kappa shape index (κ2) is 6.40. The summed E-state index contributed by atoms with van der Waals surface area (Å²) in [6, 6.07) is 8.16. The molecular weight excluding hydrogens is 236 g/mol. The standard InChI is InChI=1S/C16H26N2O/c1-12-7-13(2)10-18(9-12)11-16(17)14-5-4-6-15(8-14)19-3/h4-6,8,12-13,16H,7,9-11,17H2,1-3H3. The number of piperidine rings is 1. The van der Waals surface area contributed by atoms with E-state index in [9.17, 15) is 0 Å². The van der Waals surface area contributed by atoms with Crippen molar-refractivity contribution in [3.05, 3.63) is 29.8 Å². The molecule has 1 heterocycles. The van der Waals surface area contributed by atoms with Gasteiger partial charge in [-0.3, -0.25) is 0 Å². The summed E-state index contributed by atoms with van der Waals surface area (Å²) in [5.74, 6) is 2.44. The van der Waals surface area contributed by atoms with Gasteiger partial charge in [0.05, 0.1) is 7.11 Å². The van der Waals surface area contributed by atoms with E-state index in [0.717, 1.165) is 29.7 Å². The van der Waals surface area contributed by atoms with E-state index in [1.54, 1.807) is 7.11 Å². The molecule has 1 aromatic carbocycles. The maximum absolute atomic E-state index is 6.34. The minimum atomic E-state index is 0.0626. The first-order chi connectivity index (χ1) is 9.08. The third-order valence-corrected chi connectivity index (χ3v) is 3.92. The average molecular weight is 262 g/mol. The van der Waals surface area contributed by atoms with Crippen molar-refractivity contribution in [2.75, 3.05) is 26.7 Å². The normalized spacial score (nSPS) is 26.1. The summed E-state index contributed by atoms with van der Waals surface area (Å²) >= 11 is 0. The largest absolute Gasteiger partial charge is 0.497 e. The molecule has 106 valence electrons. The molecule has 19 heavy (non-hydrogen) atoms. The monoisotopic (exact) mass is 262 g/mol. The lowest BCUT2D eigenvalue weighted by Crippen LogP contribution is -2.42. The topological polar surface area (TPSA) is 38.5 Å². The molecular formula is C16H26N2O. The fourth-order valence-corrected chi connectivity index (χ4v) is 3.20. The Kier molecular flexibility index (Phi) is 4.83. The highest BCUT2D eigenvalue weighted by Gasteiger charge is 2.23. The van der Waals surface area contributed by atoms with Crippen molar-refractivity contribution in [3.63, 3.8) is 0 Å². The highest BCUT2D eigenvalue weighted by molar-refractivity contribution is 5.30. The van der Waals surface area contributed by atoms with Crippen LogP contribution in [-0.4, -0.2) is 31.6 Å². The lowest BCUT2D eigenvalue weighted by molar-refractivity contribution is 0.134. The van der Waals surface area contributed by atoms with E-state index in [4.69, 9.17) is 10.5 Å². The van der Waals surface area contributed by atoms with Gasteiger partial charge in [-0.1, -0.05) is 26.0 Å². The third kappa shape index (κ3) is 3.95. The fourth-order valence-electron chi connectivity index (χ4n) is 3.20. The average Bonchev–Trinajstić information content (AvgIpc) is 2.37. The number of hydrogen-bond acceptors (Lipinski definition) is 3. The van der Waals surface area contributed by atoms with Gasteiger partial charge >= 0.3 is 0 Å². The van der Waals surface area contributed by atoms with Crippen molar-refractivity contribution in [2.24, 2.45) is 17.6 Å². The van der Waals surface area contributed by atoms with Gasteiger partial charge in [0.1, 0.15) is 5.75 Å². The molecule has 2 N–H and O–H groups in total. The first kappa shape index (κ1) is 14.4. The molecule has 0 spiro atoms. The van der Waals surface area contributed by atoms with Gasteiger partial charge in [-0.25, -0.2) is 0 Å². The van der Waals surface area contributed by atoms with Crippen LogP contribution in [0.1, 0.15) is 31.9 Å². The van der Waals surface area contributed by atoms with E-state index < -0.39 is 0 Å². The van der Waals surface area contributed by atoms with Crippen molar-refractivity contribution in [1.29, 1.82) is 0 Å². The molecule has 1 aliphatic heterocycles. The Labute approximate surface area is 116 Å². The van der Waals surface area contributed by atoms with Crippen LogP contribution in [0.15, 0.2) is 24.3 Å². The van der Waals surface area contributed by atoms with Crippen molar-refractivity contribution in [1.82, 2.24) is 4.90 Å². The third-order valence-electron chi connectivity index (χ3n) is 3.92. The van der Waals surface area contributed by atoms with Crippen LogP contribution in [0.4, 0.5) is 0 Å². The van der Waals surface area contributed by atoms with Crippen molar-refractivity contribution in [2.45, 2.75) is 26.3 Å². The van der Waals surface area contributed by atoms with Crippen molar-refractivity contribution >= 4 is 0 Å². The number of nitrogens with zero attached hydrogens (tertiary/aromatic N) is 1. The summed E-state index contributed by atoms with van der Waals surface area (Å²) in [6.07, 6.45) is 1.34. The Balaban J connectivity index is 1.97. The van der Waals surface area contributed by atoms with Gasteiger partial charge in [-0.2, -0.15) is 0 Å². The Hall–Kier alpha value is -1.06. The zero-order chi connectivity index (χ0) is 13.8. The lowest BCUT2D eigenvalue weighted by atomic mass is 9.91. The number of rotatable bonds is 4. The minimum Gasteiger partial charge on any atom is -0.497 e. The zero-order valence-electron chi connectivity index (χ0n) is 12.3. The smallest absolute Gasteiger partial charge is 0.119 e. The van der Waals surface area contributed by atoms with E-state index in [2.05, 4.69) is 24.8 Å². The zero-order valence-corrected chi connectivity index (χ0v) is 12.3. The molecule has 3 unspecified atom stereocenters. The maximum Gasteiger partial charge on any atom is 0.119 e. The van der Waals surface area contributed by atoms with Crippen LogP contribution >= 0.6 is 0 Å². The number of benzene rings is 1. The van der Waals surface area contributed by atoms with Crippen LogP contribution in [0.5, 0.6) is 5.75 Å². The maximum atomic E-state index is 6.34. The first-order valence-corrected chi connectivity index (χ1v) is 7.20. The van der Waals surface area contributed by atoms with Crippen molar-refractivity contribution < 1.29 is 4.74 Å². The van der Waals surface area contributed by atoms with E-state index in [0.29, 0.717) is 0 Å². The van der Waals surface area contributed by atoms with E-state index >= 15 is 0 Å². The Morgan fingerprint density at radius 1 is 1.32 bits per heavy atom. The number of likely N-dealkylation sites (tertiary alicyclic amines) is 1. The highest BCUT2D eigenvalue weighted by Crippen LogP contribution is 2.24. The second-order valence-electron chi connectivity index (χ2n) is 6.05. The molecule has 0 aliphatic carbocycles. The molecule has 3 atom stereocenters. The van der Waals surface area contributed by atoms with E-state index in [-0.39, 0.29) is 6.04 Å². The molecule has 1 aliphatic rings. The van der Waals surface area contributed by atoms with Crippen LogP contribution in [0, 0.1) is 11.8 Å². The van der Waals surface area contributed by atoms with Gasteiger partial charge in [-0.15, -0.1) is 0 Å². The summed E-state index contributed by atoms with van der Waals surface area (Å²) in [5.41, 5.74) is 7.50. The molecule has 0 bridgehead atoms. The highest BCUT2D eigenvalue weighted by atomic mass is 16.5. The molecule has 0 amide bonds. The van der Waals surface area contributed by atoms with E-state index in [1.165, 1.54) is 19.5 Å². The Morgan fingerprint density at radius 3 is 2.63 bits per heavy atom.